The molecule has 1 spiro atoms. The van der Waals surface area contributed by atoms with E-state index in [2.05, 4.69) is 59.0 Å². The number of hydrogen-bond donors (Lipinski definition) is 3. The van der Waals surface area contributed by atoms with Gasteiger partial charge in [-0.1, -0.05) is 56.3 Å². The highest BCUT2D eigenvalue weighted by Crippen LogP contribution is 2.36. The maximum absolute atomic E-state index is 13.8. The summed E-state index contributed by atoms with van der Waals surface area (Å²) in [4.78, 5) is 41.9. The quantitative estimate of drug-likeness (QED) is 0.464. The van der Waals surface area contributed by atoms with Gasteiger partial charge in [0.15, 0.2) is 0 Å². The number of amides is 3. The molecule has 0 saturated carbocycles. The first kappa shape index (κ1) is 29.3. The van der Waals surface area contributed by atoms with Crippen LogP contribution in [0, 0.1) is 17.3 Å². The van der Waals surface area contributed by atoms with Crippen LogP contribution in [0.4, 0.5) is 0 Å². The Hall–Kier alpha value is -2.71. The minimum atomic E-state index is -0.575. The van der Waals surface area contributed by atoms with Gasteiger partial charge in [-0.2, -0.15) is 0 Å². The number of benzene rings is 1. The number of ether oxygens (including phenoxy) is 1. The second-order valence-corrected chi connectivity index (χ2v) is 11.9. The summed E-state index contributed by atoms with van der Waals surface area (Å²) >= 11 is 0. The average molecular weight is 539 g/mol. The van der Waals surface area contributed by atoms with Gasteiger partial charge in [0.2, 0.25) is 17.7 Å². The van der Waals surface area contributed by atoms with Crippen molar-refractivity contribution in [2.45, 2.75) is 70.9 Å². The van der Waals surface area contributed by atoms with E-state index in [4.69, 9.17) is 4.74 Å². The topological polar surface area (TPSA) is 99.8 Å². The lowest BCUT2D eigenvalue weighted by Gasteiger charge is -2.41. The number of piperidine rings is 1. The maximum Gasteiger partial charge on any atom is 0.242 e. The molecule has 0 aromatic heterocycles. The molecule has 3 aliphatic rings. The Morgan fingerprint density at radius 1 is 1.13 bits per heavy atom. The van der Waals surface area contributed by atoms with Crippen LogP contribution in [0.15, 0.2) is 42.5 Å². The highest BCUT2D eigenvalue weighted by molar-refractivity contribution is 5.90. The second kappa shape index (κ2) is 14.1. The molecular weight excluding hydrogens is 492 g/mol. The fourth-order valence-electron chi connectivity index (χ4n) is 6.01. The summed E-state index contributed by atoms with van der Waals surface area (Å²) in [6.07, 6.45) is 9.31. The monoisotopic (exact) mass is 538 g/mol. The average Bonchev–Trinajstić information content (AvgIpc) is 2.92. The summed E-state index contributed by atoms with van der Waals surface area (Å²) in [6, 6.07) is 9.65. The SMILES string of the molecule is CC(C)C[C@H]1NC(=O)C2(C/C=C\C[C@H]3COCC[C@H]3NC1=O)CCN(CC(=O)NCCc1ccccc1)CC2. The minimum Gasteiger partial charge on any atom is -0.381 e. The number of allylic oxidation sites excluding steroid dienone is 2. The summed E-state index contributed by atoms with van der Waals surface area (Å²) < 4.78 is 5.71. The lowest BCUT2D eigenvalue weighted by atomic mass is 9.74. The molecule has 1 aromatic rings. The van der Waals surface area contributed by atoms with Crippen molar-refractivity contribution >= 4 is 17.7 Å². The predicted octanol–water partition coefficient (Wildman–Crippen LogP) is 2.83. The third-order valence-electron chi connectivity index (χ3n) is 8.49. The zero-order valence-corrected chi connectivity index (χ0v) is 23.6. The Bertz CT molecular complexity index is 988. The van der Waals surface area contributed by atoms with Crippen LogP contribution in [-0.2, 0) is 25.5 Å². The largest absolute Gasteiger partial charge is 0.381 e. The molecule has 8 nitrogen and oxygen atoms in total. The van der Waals surface area contributed by atoms with Gasteiger partial charge in [0, 0.05) is 25.1 Å². The molecule has 3 aliphatic heterocycles. The smallest absolute Gasteiger partial charge is 0.242 e. The lowest BCUT2D eigenvalue weighted by Crippen LogP contribution is -2.57. The number of hydrogen-bond acceptors (Lipinski definition) is 5. The van der Waals surface area contributed by atoms with E-state index in [0.717, 1.165) is 19.3 Å². The van der Waals surface area contributed by atoms with Crippen molar-refractivity contribution in [3.63, 3.8) is 0 Å². The zero-order chi connectivity index (χ0) is 27.7. The summed E-state index contributed by atoms with van der Waals surface area (Å²) in [7, 11) is 0. The first-order valence-corrected chi connectivity index (χ1v) is 14.7. The van der Waals surface area contributed by atoms with Crippen molar-refractivity contribution in [2.24, 2.45) is 17.3 Å². The fraction of sp³-hybridized carbons (Fsp3) is 0.645. The molecule has 3 heterocycles. The van der Waals surface area contributed by atoms with E-state index >= 15 is 0 Å². The molecule has 3 atom stereocenters. The first-order chi connectivity index (χ1) is 18.8. The Morgan fingerprint density at radius 3 is 2.64 bits per heavy atom. The number of carbonyl (C=O) groups excluding carboxylic acids is 3. The van der Waals surface area contributed by atoms with Crippen LogP contribution < -0.4 is 16.0 Å². The van der Waals surface area contributed by atoms with Gasteiger partial charge in [0.25, 0.3) is 0 Å². The van der Waals surface area contributed by atoms with Crippen molar-refractivity contribution < 1.29 is 19.1 Å². The van der Waals surface area contributed by atoms with Gasteiger partial charge in [-0.25, -0.2) is 0 Å². The van der Waals surface area contributed by atoms with Crippen molar-refractivity contribution in [2.75, 3.05) is 39.4 Å². The number of nitrogens with zero attached hydrogens (tertiary/aromatic N) is 1. The molecule has 0 bridgehead atoms. The number of nitrogens with one attached hydrogen (secondary N) is 3. The molecule has 2 fully saturated rings. The fourth-order valence-corrected chi connectivity index (χ4v) is 6.01. The van der Waals surface area contributed by atoms with E-state index in [1.54, 1.807) is 0 Å². The molecular formula is C31H46N4O4. The molecule has 1 aromatic carbocycles. The lowest BCUT2D eigenvalue weighted by molar-refractivity contribution is -0.138. The van der Waals surface area contributed by atoms with Gasteiger partial charge in [-0.3, -0.25) is 19.3 Å². The zero-order valence-electron chi connectivity index (χ0n) is 23.6. The van der Waals surface area contributed by atoms with E-state index in [9.17, 15) is 14.4 Å². The molecule has 2 saturated heterocycles. The van der Waals surface area contributed by atoms with Crippen LogP contribution in [0.2, 0.25) is 0 Å². The van der Waals surface area contributed by atoms with Crippen LogP contribution >= 0.6 is 0 Å². The minimum absolute atomic E-state index is 0.0165. The Kier molecular flexibility index (Phi) is 10.6. The van der Waals surface area contributed by atoms with Gasteiger partial charge >= 0.3 is 0 Å². The maximum atomic E-state index is 13.8. The van der Waals surface area contributed by atoms with Gasteiger partial charge in [0.1, 0.15) is 6.04 Å². The summed E-state index contributed by atoms with van der Waals surface area (Å²) in [5.74, 6) is 0.412. The van der Waals surface area contributed by atoms with Crippen LogP contribution in [0.25, 0.3) is 0 Å². The van der Waals surface area contributed by atoms with Crippen molar-refractivity contribution in [1.29, 1.82) is 0 Å². The highest BCUT2D eigenvalue weighted by atomic mass is 16.5. The van der Waals surface area contributed by atoms with Crippen LogP contribution in [0.1, 0.15) is 57.9 Å². The van der Waals surface area contributed by atoms with Crippen molar-refractivity contribution in [3.05, 3.63) is 48.0 Å². The molecule has 8 heteroatoms. The van der Waals surface area contributed by atoms with Crippen molar-refractivity contribution in [3.8, 4) is 0 Å². The number of fused-ring (bicyclic) bond motifs is 1. The van der Waals surface area contributed by atoms with Crippen LogP contribution in [0.5, 0.6) is 0 Å². The molecule has 0 unspecified atom stereocenters. The van der Waals surface area contributed by atoms with Crippen LogP contribution in [0.3, 0.4) is 0 Å². The number of carbonyl (C=O) groups is 3. The van der Waals surface area contributed by atoms with E-state index in [0.29, 0.717) is 65.1 Å². The van der Waals surface area contributed by atoms with E-state index in [-0.39, 0.29) is 35.6 Å². The Balaban J connectivity index is 1.37. The molecule has 39 heavy (non-hydrogen) atoms. The number of rotatable bonds is 7. The van der Waals surface area contributed by atoms with Gasteiger partial charge in [0.05, 0.1) is 18.6 Å². The Morgan fingerprint density at radius 2 is 1.90 bits per heavy atom. The second-order valence-electron chi connectivity index (χ2n) is 11.9. The normalized spacial score (nSPS) is 27.0. The molecule has 3 amide bonds. The summed E-state index contributed by atoms with van der Waals surface area (Å²) in [6.45, 7) is 7.74. The van der Waals surface area contributed by atoms with E-state index in [1.165, 1.54) is 5.56 Å². The van der Waals surface area contributed by atoms with Gasteiger partial charge < -0.3 is 20.7 Å². The third kappa shape index (κ3) is 8.39. The third-order valence-corrected chi connectivity index (χ3v) is 8.49. The Labute approximate surface area is 233 Å². The molecule has 0 aliphatic carbocycles. The molecule has 0 radical (unpaired) electrons. The van der Waals surface area contributed by atoms with E-state index < -0.39 is 11.5 Å². The number of likely N-dealkylation sites (tertiary alicyclic amines) is 1. The molecule has 214 valence electrons. The van der Waals surface area contributed by atoms with E-state index in [1.807, 2.05) is 18.2 Å². The molecule has 3 N–H and O–H groups in total. The van der Waals surface area contributed by atoms with Crippen molar-refractivity contribution in [1.82, 2.24) is 20.9 Å². The summed E-state index contributed by atoms with van der Waals surface area (Å²) in [5.41, 5.74) is 0.629. The predicted molar refractivity (Wildman–Crippen MR) is 152 cm³/mol. The summed E-state index contributed by atoms with van der Waals surface area (Å²) in [5, 5.41) is 9.43. The first-order valence-electron chi connectivity index (χ1n) is 14.7. The van der Waals surface area contributed by atoms with Gasteiger partial charge in [-0.05, 0) is 69.5 Å². The van der Waals surface area contributed by atoms with Crippen LogP contribution in [-0.4, -0.2) is 74.1 Å². The standard InChI is InChI=1S/C31H46N4O4/c1-23(2)20-27-29(37)33-26-12-19-39-22-25(26)10-6-7-13-31(30(38)34-27)14-17-35(18-15-31)21-28(36)32-16-11-24-8-4-3-5-9-24/h3-9,23,25-27H,10-22H2,1-2H3,(H,32,36)(H,33,37)(H,34,38)/b7-6-/t25-,26+,27+/m0/s1. The molecule has 4 rings (SSSR count). The highest BCUT2D eigenvalue weighted by Gasteiger charge is 2.42. The van der Waals surface area contributed by atoms with Gasteiger partial charge in [-0.15, -0.1) is 0 Å².